The summed E-state index contributed by atoms with van der Waals surface area (Å²) in [6.07, 6.45) is 0. The maximum Gasteiger partial charge on any atom is 0.362 e. The number of rotatable bonds is 1. The van der Waals surface area contributed by atoms with Gasteiger partial charge in [-0.05, 0) is 24.3 Å². The Bertz CT molecular complexity index is 1030. The molecule has 5 heteroatoms. The number of aromatic amines is 1. The van der Waals surface area contributed by atoms with E-state index in [4.69, 9.17) is 4.42 Å². The smallest absolute Gasteiger partial charge is 0.362 e. The van der Waals surface area contributed by atoms with Crippen molar-refractivity contribution in [1.29, 1.82) is 0 Å². The molecule has 4 nitrogen and oxygen atoms in total. The lowest BCUT2D eigenvalue weighted by atomic mass is 10.2. The zero-order valence-corrected chi connectivity index (χ0v) is 10.8. The molecule has 4 aromatic rings. The first-order valence-corrected chi connectivity index (χ1v) is 6.40. The quantitative estimate of drug-likeness (QED) is 0.543. The first kappa shape index (κ1) is 11.8. The standard InChI is InChI=1S/C16H9FN2O2/c17-11-7-3-1-5-9(11)15-18-13-10-6-2-4-8-12(10)21-16(20)14(13)19-15/h1-8H,(H,18,19). The zero-order valence-electron chi connectivity index (χ0n) is 10.8. The minimum atomic E-state index is -0.515. The number of halogens is 1. The molecule has 0 fully saturated rings. The third-order valence-electron chi connectivity index (χ3n) is 3.38. The largest absolute Gasteiger partial charge is 0.421 e. The van der Waals surface area contributed by atoms with Crippen molar-refractivity contribution in [1.82, 2.24) is 9.97 Å². The Morgan fingerprint density at radius 3 is 2.67 bits per heavy atom. The van der Waals surface area contributed by atoms with Crippen LogP contribution in [0.3, 0.4) is 0 Å². The number of hydrogen-bond acceptors (Lipinski definition) is 3. The second kappa shape index (κ2) is 4.28. The fourth-order valence-electron chi connectivity index (χ4n) is 2.40. The predicted octanol–water partition coefficient (Wildman–Crippen LogP) is 3.48. The number of hydrogen-bond donors (Lipinski definition) is 1. The number of imidazole rings is 1. The highest BCUT2D eigenvalue weighted by Crippen LogP contribution is 2.25. The van der Waals surface area contributed by atoms with Gasteiger partial charge in [0.25, 0.3) is 0 Å². The number of fused-ring (bicyclic) bond motifs is 3. The van der Waals surface area contributed by atoms with Crippen LogP contribution >= 0.6 is 0 Å². The maximum absolute atomic E-state index is 13.9. The molecular weight excluding hydrogens is 271 g/mol. The Hall–Kier alpha value is -2.95. The number of aromatic nitrogens is 2. The summed E-state index contributed by atoms with van der Waals surface area (Å²) >= 11 is 0. The van der Waals surface area contributed by atoms with Crippen molar-refractivity contribution in [2.45, 2.75) is 0 Å². The zero-order chi connectivity index (χ0) is 14.4. The number of para-hydroxylation sites is 1. The molecule has 4 rings (SSSR count). The number of H-pyrrole nitrogens is 1. The fourth-order valence-corrected chi connectivity index (χ4v) is 2.40. The molecule has 2 aromatic carbocycles. The van der Waals surface area contributed by atoms with Crippen molar-refractivity contribution in [2.24, 2.45) is 0 Å². The number of nitrogens with zero attached hydrogens (tertiary/aromatic N) is 1. The molecule has 0 aliphatic carbocycles. The highest BCUT2D eigenvalue weighted by molar-refractivity contribution is 6.01. The van der Waals surface area contributed by atoms with Crippen LogP contribution in [-0.4, -0.2) is 9.97 Å². The van der Waals surface area contributed by atoms with Crippen molar-refractivity contribution < 1.29 is 8.81 Å². The van der Waals surface area contributed by atoms with Crippen LogP contribution < -0.4 is 5.63 Å². The molecule has 0 spiro atoms. The van der Waals surface area contributed by atoms with Crippen molar-refractivity contribution >= 4 is 22.0 Å². The summed E-state index contributed by atoms with van der Waals surface area (Å²) in [5, 5.41) is 0.714. The highest BCUT2D eigenvalue weighted by Gasteiger charge is 2.15. The molecule has 0 bridgehead atoms. The van der Waals surface area contributed by atoms with Gasteiger partial charge in [-0.3, -0.25) is 0 Å². The highest BCUT2D eigenvalue weighted by atomic mass is 19.1. The molecule has 1 N–H and O–H groups in total. The third-order valence-corrected chi connectivity index (χ3v) is 3.38. The number of benzene rings is 2. The van der Waals surface area contributed by atoms with Crippen molar-refractivity contribution in [2.75, 3.05) is 0 Å². The maximum atomic E-state index is 13.9. The van der Waals surface area contributed by atoms with Crippen LogP contribution in [0.5, 0.6) is 0 Å². The van der Waals surface area contributed by atoms with Gasteiger partial charge in [0.1, 0.15) is 22.7 Å². The van der Waals surface area contributed by atoms with Crippen molar-refractivity contribution in [3.8, 4) is 11.4 Å². The Morgan fingerprint density at radius 2 is 1.81 bits per heavy atom. The van der Waals surface area contributed by atoms with E-state index in [2.05, 4.69) is 9.97 Å². The van der Waals surface area contributed by atoms with E-state index in [0.29, 0.717) is 27.9 Å². The Morgan fingerprint density at radius 1 is 1.05 bits per heavy atom. The van der Waals surface area contributed by atoms with Gasteiger partial charge in [-0.2, -0.15) is 0 Å². The van der Waals surface area contributed by atoms with E-state index in [1.165, 1.54) is 6.07 Å². The van der Waals surface area contributed by atoms with E-state index in [9.17, 15) is 9.18 Å². The first-order valence-electron chi connectivity index (χ1n) is 6.40. The minimum absolute atomic E-state index is 0.243. The summed E-state index contributed by atoms with van der Waals surface area (Å²) in [7, 11) is 0. The van der Waals surface area contributed by atoms with Gasteiger partial charge in [-0.1, -0.05) is 24.3 Å². The minimum Gasteiger partial charge on any atom is -0.421 e. The summed E-state index contributed by atoms with van der Waals surface area (Å²) < 4.78 is 19.1. The van der Waals surface area contributed by atoms with Gasteiger partial charge in [-0.25, -0.2) is 14.2 Å². The monoisotopic (exact) mass is 280 g/mol. The van der Waals surface area contributed by atoms with E-state index in [-0.39, 0.29) is 5.52 Å². The van der Waals surface area contributed by atoms with Gasteiger partial charge in [0.05, 0.1) is 5.56 Å². The van der Waals surface area contributed by atoms with Gasteiger partial charge in [0.2, 0.25) is 0 Å². The molecule has 2 heterocycles. The SMILES string of the molecule is O=c1oc2ccccc2c2nc(-c3ccccc3F)[nH]c12. The van der Waals surface area contributed by atoms with Crippen LogP contribution in [0.1, 0.15) is 0 Å². The Labute approximate surface area is 117 Å². The van der Waals surface area contributed by atoms with E-state index < -0.39 is 11.4 Å². The van der Waals surface area contributed by atoms with Crippen molar-refractivity contribution in [3.63, 3.8) is 0 Å². The molecule has 102 valence electrons. The van der Waals surface area contributed by atoms with Crippen LogP contribution in [0, 0.1) is 5.82 Å². The second-order valence-corrected chi connectivity index (χ2v) is 4.67. The third kappa shape index (κ3) is 1.74. The summed E-state index contributed by atoms with van der Waals surface area (Å²) in [4.78, 5) is 19.2. The topological polar surface area (TPSA) is 58.9 Å². The van der Waals surface area contributed by atoms with Gasteiger partial charge < -0.3 is 9.40 Å². The predicted molar refractivity (Wildman–Crippen MR) is 77.5 cm³/mol. The van der Waals surface area contributed by atoms with E-state index in [1.54, 1.807) is 30.3 Å². The van der Waals surface area contributed by atoms with Gasteiger partial charge in [0.15, 0.2) is 5.52 Å². The molecule has 0 saturated heterocycles. The molecule has 0 unspecified atom stereocenters. The molecule has 0 amide bonds. The second-order valence-electron chi connectivity index (χ2n) is 4.67. The molecular formula is C16H9FN2O2. The summed E-state index contributed by atoms with van der Waals surface area (Å²) in [5.74, 6) is -0.0861. The molecule has 0 atom stereocenters. The summed E-state index contributed by atoms with van der Waals surface area (Å²) in [6, 6.07) is 13.4. The van der Waals surface area contributed by atoms with Gasteiger partial charge >= 0.3 is 5.63 Å². The summed E-state index contributed by atoms with van der Waals surface area (Å²) in [6.45, 7) is 0. The molecule has 0 aliphatic rings. The molecule has 2 aromatic heterocycles. The van der Waals surface area contributed by atoms with Crippen LogP contribution in [-0.2, 0) is 0 Å². The number of nitrogens with one attached hydrogen (secondary N) is 1. The molecule has 0 radical (unpaired) electrons. The van der Waals surface area contributed by atoms with Crippen LogP contribution in [0.4, 0.5) is 4.39 Å². The normalized spacial score (nSPS) is 11.3. The van der Waals surface area contributed by atoms with E-state index in [0.717, 1.165) is 0 Å². The Balaban J connectivity index is 2.11. The lowest BCUT2D eigenvalue weighted by Gasteiger charge is -1.96. The Kier molecular flexibility index (Phi) is 2.41. The molecule has 21 heavy (non-hydrogen) atoms. The summed E-state index contributed by atoms with van der Waals surface area (Å²) in [5.41, 5.74) is 0.990. The first-order chi connectivity index (χ1) is 10.2. The van der Waals surface area contributed by atoms with Crippen molar-refractivity contribution in [3.05, 3.63) is 64.8 Å². The molecule has 0 aliphatic heterocycles. The van der Waals surface area contributed by atoms with Crippen LogP contribution in [0.15, 0.2) is 57.7 Å². The van der Waals surface area contributed by atoms with E-state index >= 15 is 0 Å². The van der Waals surface area contributed by atoms with Gasteiger partial charge in [0, 0.05) is 5.39 Å². The lowest BCUT2D eigenvalue weighted by Crippen LogP contribution is -1.99. The van der Waals surface area contributed by atoms with Crippen LogP contribution in [0.25, 0.3) is 33.4 Å². The average molecular weight is 280 g/mol. The van der Waals surface area contributed by atoms with Crippen LogP contribution in [0.2, 0.25) is 0 Å². The van der Waals surface area contributed by atoms with Gasteiger partial charge in [-0.15, -0.1) is 0 Å². The average Bonchev–Trinajstić information content (AvgIpc) is 2.94. The molecule has 0 saturated carbocycles. The fraction of sp³-hybridized carbons (Fsp3) is 0. The van der Waals surface area contributed by atoms with E-state index in [1.807, 2.05) is 12.1 Å². The lowest BCUT2D eigenvalue weighted by molar-refractivity contribution is 0.568.